The van der Waals surface area contributed by atoms with E-state index in [0.717, 1.165) is 6.07 Å². The summed E-state index contributed by atoms with van der Waals surface area (Å²) < 4.78 is 49.8. The molecule has 0 aliphatic carbocycles. The van der Waals surface area contributed by atoms with Crippen molar-refractivity contribution in [1.82, 2.24) is 0 Å². The van der Waals surface area contributed by atoms with E-state index in [-0.39, 0.29) is 5.56 Å². The lowest BCUT2D eigenvalue weighted by Gasteiger charge is -2.16. The first-order valence-electron chi connectivity index (χ1n) is 4.53. The second-order valence-corrected chi connectivity index (χ2v) is 3.50. The summed E-state index contributed by atoms with van der Waals surface area (Å²) in [6, 6.07) is 1.47. The summed E-state index contributed by atoms with van der Waals surface area (Å²) in [7, 11) is 0. The number of hydrogen-bond acceptors (Lipinski definition) is 2. The molecule has 0 aliphatic rings. The molecule has 1 rings (SSSR count). The van der Waals surface area contributed by atoms with Crippen LogP contribution in [0, 0.1) is 5.82 Å². The van der Waals surface area contributed by atoms with Crippen molar-refractivity contribution in [1.29, 1.82) is 0 Å². The third-order valence-electron chi connectivity index (χ3n) is 2.20. The van der Waals surface area contributed by atoms with Crippen molar-refractivity contribution in [3.8, 4) is 0 Å². The Bertz CT molecular complexity index is 376. The number of benzene rings is 1. The van der Waals surface area contributed by atoms with Gasteiger partial charge in [0, 0.05) is 0 Å². The first kappa shape index (κ1) is 12.9. The van der Waals surface area contributed by atoms with Crippen molar-refractivity contribution in [3.63, 3.8) is 0 Å². The van der Waals surface area contributed by atoms with Crippen LogP contribution in [-0.4, -0.2) is 11.2 Å². The molecule has 6 heteroatoms. The highest BCUT2D eigenvalue weighted by Gasteiger charge is 2.34. The largest absolute Gasteiger partial charge is 0.419 e. The van der Waals surface area contributed by atoms with E-state index in [2.05, 4.69) is 0 Å². The number of alkyl halides is 3. The van der Waals surface area contributed by atoms with Crippen molar-refractivity contribution in [2.75, 3.05) is 0 Å². The molecule has 0 amide bonds. The van der Waals surface area contributed by atoms with E-state index >= 15 is 0 Å². The van der Waals surface area contributed by atoms with Gasteiger partial charge < -0.3 is 10.8 Å². The summed E-state index contributed by atoms with van der Waals surface area (Å²) in [5.74, 6) is -1.39. The summed E-state index contributed by atoms with van der Waals surface area (Å²) in [5, 5.41) is 9.12. The maximum Gasteiger partial charge on any atom is 0.419 e. The fraction of sp³-hybridized carbons (Fsp3) is 0.400. The molecule has 1 aromatic carbocycles. The van der Waals surface area contributed by atoms with E-state index in [1.807, 2.05) is 0 Å². The third-order valence-corrected chi connectivity index (χ3v) is 2.20. The third kappa shape index (κ3) is 2.70. The number of halogens is 4. The molecule has 0 aliphatic heterocycles. The zero-order valence-corrected chi connectivity index (χ0v) is 8.42. The van der Waals surface area contributed by atoms with Crippen LogP contribution in [-0.2, 0) is 6.18 Å². The normalized spacial score (nSPS) is 15.9. The van der Waals surface area contributed by atoms with Gasteiger partial charge in [-0.25, -0.2) is 4.39 Å². The second kappa shape index (κ2) is 4.39. The van der Waals surface area contributed by atoms with E-state index in [1.165, 1.54) is 6.92 Å². The van der Waals surface area contributed by atoms with Gasteiger partial charge in [0.25, 0.3) is 0 Å². The number of rotatable bonds is 2. The molecule has 2 unspecified atom stereocenters. The number of aliphatic hydroxyl groups is 1. The molecular weight excluding hydrogens is 226 g/mol. The van der Waals surface area contributed by atoms with Crippen LogP contribution in [0.25, 0.3) is 0 Å². The van der Waals surface area contributed by atoms with E-state index in [0.29, 0.717) is 12.1 Å². The molecule has 1 aromatic rings. The maximum absolute atomic E-state index is 13.1. The summed E-state index contributed by atoms with van der Waals surface area (Å²) in [6.45, 7) is 1.38. The first-order chi connectivity index (χ1) is 7.23. The molecule has 2 atom stereocenters. The van der Waals surface area contributed by atoms with E-state index in [1.54, 1.807) is 0 Å². The standard InChI is InChI=1S/C10H11F4NO/c1-5(16)9(15)6-2-3-7(8(11)4-6)10(12,13)14/h2-5,9,16H,15H2,1H3. The highest BCUT2D eigenvalue weighted by Crippen LogP contribution is 2.32. The molecule has 0 heterocycles. The number of hydrogen-bond donors (Lipinski definition) is 2. The zero-order valence-electron chi connectivity index (χ0n) is 8.42. The monoisotopic (exact) mass is 237 g/mol. The minimum atomic E-state index is -4.72. The predicted octanol–water partition coefficient (Wildman–Crippen LogP) is 2.23. The average Bonchev–Trinajstić information content (AvgIpc) is 2.14. The Morgan fingerprint density at radius 2 is 1.88 bits per heavy atom. The molecule has 2 nitrogen and oxygen atoms in total. The lowest BCUT2D eigenvalue weighted by atomic mass is 10.0. The SMILES string of the molecule is CC(O)C(N)c1ccc(C(F)(F)F)c(F)c1. The van der Waals surface area contributed by atoms with Crippen molar-refractivity contribution >= 4 is 0 Å². The van der Waals surface area contributed by atoms with Gasteiger partial charge in [0.2, 0.25) is 0 Å². The van der Waals surface area contributed by atoms with Gasteiger partial charge in [0.15, 0.2) is 0 Å². The number of aliphatic hydroxyl groups excluding tert-OH is 1. The molecule has 0 saturated heterocycles. The lowest BCUT2D eigenvalue weighted by Crippen LogP contribution is -2.23. The molecule has 90 valence electrons. The minimum Gasteiger partial charge on any atom is -0.391 e. The Morgan fingerprint density at radius 3 is 2.25 bits per heavy atom. The van der Waals surface area contributed by atoms with E-state index in [9.17, 15) is 17.6 Å². The maximum atomic E-state index is 13.1. The van der Waals surface area contributed by atoms with Gasteiger partial charge >= 0.3 is 6.18 Å². The van der Waals surface area contributed by atoms with E-state index in [4.69, 9.17) is 10.8 Å². The van der Waals surface area contributed by atoms with Crippen molar-refractivity contribution in [3.05, 3.63) is 35.1 Å². The Morgan fingerprint density at radius 1 is 1.31 bits per heavy atom. The van der Waals surface area contributed by atoms with Crippen LogP contribution in [0.15, 0.2) is 18.2 Å². The molecule has 0 fully saturated rings. The number of nitrogens with two attached hydrogens (primary N) is 1. The van der Waals surface area contributed by atoms with Gasteiger partial charge in [-0.1, -0.05) is 6.07 Å². The Kier molecular flexibility index (Phi) is 3.54. The lowest BCUT2D eigenvalue weighted by molar-refractivity contribution is -0.140. The molecule has 0 aromatic heterocycles. The Balaban J connectivity index is 3.09. The first-order valence-corrected chi connectivity index (χ1v) is 4.53. The highest BCUT2D eigenvalue weighted by atomic mass is 19.4. The van der Waals surface area contributed by atoms with Crippen molar-refractivity contribution in [2.24, 2.45) is 5.73 Å². The van der Waals surface area contributed by atoms with Gasteiger partial charge in [0.05, 0.1) is 17.7 Å². The second-order valence-electron chi connectivity index (χ2n) is 3.50. The zero-order chi connectivity index (χ0) is 12.5. The van der Waals surface area contributed by atoms with Gasteiger partial charge in [0.1, 0.15) is 5.82 Å². The van der Waals surface area contributed by atoms with E-state index < -0.39 is 29.7 Å². The van der Waals surface area contributed by atoms with Crippen LogP contribution >= 0.6 is 0 Å². The van der Waals surface area contributed by atoms with Crippen LogP contribution < -0.4 is 5.73 Å². The quantitative estimate of drug-likeness (QED) is 0.775. The van der Waals surface area contributed by atoms with Gasteiger partial charge in [-0.05, 0) is 24.6 Å². The summed E-state index contributed by atoms with van der Waals surface area (Å²) in [6.07, 6.45) is -5.69. The van der Waals surface area contributed by atoms with Gasteiger partial charge in [-0.15, -0.1) is 0 Å². The summed E-state index contributed by atoms with van der Waals surface area (Å²) in [5.41, 5.74) is 4.25. The Hall–Kier alpha value is -1.14. The average molecular weight is 237 g/mol. The van der Waals surface area contributed by atoms with Gasteiger partial charge in [-0.3, -0.25) is 0 Å². The topological polar surface area (TPSA) is 46.2 Å². The summed E-state index contributed by atoms with van der Waals surface area (Å²) >= 11 is 0. The Labute approximate surface area is 89.7 Å². The van der Waals surface area contributed by atoms with Crippen LogP contribution in [0.2, 0.25) is 0 Å². The van der Waals surface area contributed by atoms with Crippen LogP contribution in [0.4, 0.5) is 17.6 Å². The molecule has 0 bridgehead atoms. The molecule has 0 saturated carbocycles. The van der Waals surface area contributed by atoms with Crippen LogP contribution in [0.3, 0.4) is 0 Å². The van der Waals surface area contributed by atoms with Crippen LogP contribution in [0.1, 0.15) is 24.1 Å². The van der Waals surface area contributed by atoms with Crippen molar-refractivity contribution < 1.29 is 22.7 Å². The molecule has 3 N–H and O–H groups in total. The molecule has 16 heavy (non-hydrogen) atoms. The van der Waals surface area contributed by atoms with Crippen molar-refractivity contribution in [2.45, 2.75) is 25.2 Å². The molecular formula is C10H11F4NO. The fourth-order valence-corrected chi connectivity index (χ4v) is 1.25. The van der Waals surface area contributed by atoms with Gasteiger partial charge in [-0.2, -0.15) is 13.2 Å². The van der Waals surface area contributed by atoms with Crippen LogP contribution in [0.5, 0.6) is 0 Å². The fourth-order valence-electron chi connectivity index (χ4n) is 1.25. The molecule has 0 radical (unpaired) electrons. The predicted molar refractivity (Wildman–Crippen MR) is 50.0 cm³/mol. The minimum absolute atomic E-state index is 0.125. The summed E-state index contributed by atoms with van der Waals surface area (Å²) in [4.78, 5) is 0. The smallest absolute Gasteiger partial charge is 0.391 e. The highest BCUT2D eigenvalue weighted by molar-refractivity contribution is 5.28. The molecule has 0 spiro atoms.